The molecule has 0 heterocycles. The predicted octanol–water partition coefficient (Wildman–Crippen LogP) is 7.26. The fraction of sp³-hybridized carbons (Fsp3) is 0.489. The van der Waals surface area contributed by atoms with Crippen LogP contribution in [-0.4, -0.2) is 58.7 Å². The first-order valence-corrected chi connectivity index (χ1v) is 21.4. The molecule has 0 aliphatic heterocycles. The van der Waals surface area contributed by atoms with Gasteiger partial charge in [0.15, 0.2) is 0 Å². The van der Waals surface area contributed by atoms with Crippen LogP contribution in [-0.2, 0) is 36.8 Å². The Hall–Kier alpha value is -5.52. The molecule has 3 rings (SSSR count). The lowest BCUT2D eigenvalue weighted by Crippen LogP contribution is -2.55. The van der Waals surface area contributed by atoms with Gasteiger partial charge in [-0.2, -0.15) is 0 Å². The van der Waals surface area contributed by atoms with E-state index >= 15 is 0 Å². The monoisotopic (exact) mass is 811 g/mol. The smallest absolute Gasteiger partial charge is 0.326 e. The fourth-order valence-corrected chi connectivity index (χ4v) is 6.91. The summed E-state index contributed by atoms with van der Waals surface area (Å²) in [6.07, 6.45) is 14.1. The zero-order valence-corrected chi connectivity index (χ0v) is 34.9. The molecule has 0 fully saturated rings. The van der Waals surface area contributed by atoms with Crippen molar-refractivity contribution in [2.45, 2.75) is 141 Å². The maximum Gasteiger partial charge on any atom is 0.326 e. The molecule has 12 heteroatoms. The van der Waals surface area contributed by atoms with Gasteiger partial charge in [-0.15, -0.1) is 0 Å². The van der Waals surface area contributed by atoms with Crippen molar-refractivity contribution >= 4 is 41.2 Å². The maximum atomic E-state index is 13.2. The highest BCUT2D eigenvalue weighted by atomic mass is 16.4. The molecule has 0 aliphatic rings. The van der Waals surface area contributed by atoms with E-state index in [-0.39, 0.29) is 36.1 Å². The summed E-state index contributed by atoms with van der Waals surface area (Å²) < 4.78 is 0. The van der Waals surface area contributed by atoms with Crippen molar-refractivity contribution in [3.8, 4) is 0 Å². The van der Waals surface area contributed by atoms with E-state index in [1.54, 1.807) is 24.3 Å². The molecule has 0 radical (unpaired) electrons. The van der Waals surface area contributed by atoms with Crippen molar-refractivity contribution in [1.29, 1.82) is 0 Å². The van der Waals surface area contributed by atoms with Gasteiger partial charge in [0.05, 0.1) is 11.3 Å². The van der Waals surface area contributed by atoms with Crippen LogP contribution in [0.4, 0.5) is 5.69 Å². The van der Waals surface area contributed by atoms with Crippen molar-refractivity contribution in [3.05, 3.63) is 102 Å². The van der Waals surface area contributed by atoms with Crippen LogP contribution in [0, 0.1) is 5.92 Å². The third-order valence-corrected chi connectivity index (χ3v) is 10.6. The van der Waals surface area contributed by atoms with Crippen LogP contribution in [0.15, 0.2) is 84.9 Å². The van der Waals surface area contributed by atoms with Crippen molar-refractivity contribution in [1.82, 2.24) is 16.0 Å². The average molecular weight is 812 g/mol. The van der Waals surface area contributed by atoms with Gasteiger partial charge in [0.2, 0.25) is 23.6 Å². The van der Waals surface area contributed by atoms with Gasteiger partial charge < -0.3 is 32.1 Å². The summed E-state index contributed by atoms with van der Waals surface area (Å²) in [6, 6.07) is 22.3. The second-order valence-electron chi connectivity index (χ2n) is 15.5. The van der Waals surface area contributed by atoms with E-state index in [1.807, 2.05) is 74.5 Å². The van der Waals surface area contributed by atoms with E-state index < -0.39 is 41.8 Å². The number of benzene rings is 3. The number of amides is 5. The molecule has 12 nitrogen and oxygen atoms in total. The van der Waals surface area contributed by atoms with Gasteiger partial charge in [-0.3, -0.25) is 24.0 Å². The minimum atomic E-state index is -1.13. The molecule has 0 saturated heterocycles. The number of anilines is 1. The summed E-state index contributed by atoms with van der Waals surface area (Å²) >= 11 is 0. The Kier molecular flexibility index (Phi) is 22.1. The number of hydrogen-bond donors (Lipinski definition) is 6. The minimum absolute atomic E-state index is 0.109. The van der Waals surface area contributed by atoms with Gasteiger partial charge in [0.1, 0.15) is 18.1 Å². The highest BCUT2D eigenvalue weighted by Crippen LogP contribution is 2.18. The number of aliphatic carboxylic acids is 1. The van der Waals surface area contributed by atoms with Crippen LogP contribution in [0.5, 0.6) is 0 Å². The summed E-state index contributed by atoms with van der Waals surface area (Å²) in [6.45, 7) is 3.87. The van der Waals surface area contributed by atoms with Crippen molar-refractivity contribution in [3.63, 3.8) is 0 Å². The van der Waals surface area contributed by atoms with Crippen molar-refractivity contribution in [2.75, 3.05) is 5.32 Å². The van der Waals surface area contributed by atoms with Crippen LogP contribution in [0.3, 0.4) is 0 Å². The first-order valence-electron chi connectivity index (χ1n) is 21.4. The summed E-state index contributed by atoms with van der Waals surface area (Å²) in [5, 5.41) is 20.8. The molecule has 3 aromatic rings. The molecule has 4 atom stereocenters. The Morgan fingerprint density at radius 2 is 1.03 bits per heavy atom. The van der Waals surface area contributed by atoms with Gasteiger partial charge in [0.25, 0.3) is 5.91 Å². The van der Waals surface area contributed by atoms with Gasteiger partial charge in [-0.05, 0) is 42.0 Å². The van der Waals surface area contributed by atoms with Crippen molar-refractivity contribution in [2.24, 2.45) is 11.7 Å². The quantitative estimate of drug-likeness (QED) is 0.0397. The highest BCUT2D eigenvalue weighted by Gasteiger charge is 2.29. The number of para-hydroxylation sites is 1. The fourth-order valence-electron chi connectivity index (χ4n) is 6.91. The number of carboxylic acids is 1. The van der Waals surface area contributed by atoms with Gasteiger partial charge in [-0.1, -0.05) is 157 Å². The summed E-state index contributed by atoms with van der Waals surface area (Å²) in [4.78, 5) is 75.7. The maximum absolute atomic E-state index is 13.2. The zero-order chi connectivity index (χ0) is 42.8. The Morgan fingerprint density at radius 1 is 0.576 bits per heavy atom. The minimum Gasteiger partial charge on any atom is -0.480 e. The molecule has 0 bridgehead atoms. The van der Waals surface area contributed by atoms with E-state index in [1.165, 1.54) is 0 Å². The molecular weight excluding hydrogens is 747 g/mol. The number of unbranched alkanes of at least 4 members (excludes halogenated alkanes) is 11. The van der Waals surface area contributed by atoms with Crippen LogP contribution in [0.25, 0.3) is 0 Å². The molecule has 7 N–H and O–H groups in total. The SMILES string of the molecule is CCC(C)[C@H](NC(=O)CCCCCCCCCCCCCCC(=O)Nc1ccccc1C(=O)N[C@@H](Cc1ccccc1)C(=O)O)C(=O)N[C@@H](Cc1ccccc1)C(N)=O. The zero-order valence-electron chi connectivity index (χ0n) is 34.9. The first-order chi connectivity index (χ1) is 28.5. The largest absolute Gasteiger partial charge is 0.480 e. The van der Waals surface area contributed by atoms with Gasteiger partial charge in [0, 0.05) is 25.7 Å². The molecule has 0 aromatic heterocycles. The lowest BCUT2D eigenvalue weighted by atomic mass is 9.97. The second kappa shape index (κ2) is 27.2. The molecule has 0 saturated carbocycles. The molecule has 0 aliphatic carbocycles. The Bertz CT molecular complexity index is 1750. The summed E-state index contributed by atoms with van der Waals surface area (Å²) in [5.41, 5.74) is 7.85. The van der Waals surface area contributed by atoms with Crippen LogP contribution in [0.1, 0.15) is 132 Å². The normalized spacial score (nSPS) is 13.0. The number of carbonyl (C=O) groups excluding carboxylic acids is 5. The molecule has 320 valence electrons. The van der Waals surface area contributed by atoms with Gasteiger partial charge in [-0.25, -0.2) is 4.79 Å². The molecule has 3 aromatic carbocycles. The first kappa shape index (κ1) is 47.9. The average Bonchev–Trinajstić information content (AvgIpc) is 3.22. The topological polar surface area (TPSA) is 197 Å². The standard InChI is InChI=1S/C47H65N5O7/c1-3-34(2)43(46(57)50-39(44(48)55)32-35-24-16-14-17-25-35)52-42(54)31-21-13-11-9-7-5-4-6-8-10-12-20-30-41(53)49-38-29-23-22-28-37(38)45(56)51-40(47(58)59)33-36-26-18-15-19-27-36/h14-19,22-29,34,39-40,43H,3-13,20-21,30-33H2,1-2H3,(H2,48,55)(H,49,53)(H,50,57)(H,51,56)(H,52,54)(H,58,59)/t34?,39-,40-,43-/m0/s1. The van der Waals surface area contributed by atoms with E-state index in [0.717, 1.165) is 88.2 Å². The highest BCUT2D eigenvalue weighted by molar-refractivity contribution is 6.04. The number of hydrogen-bond acceptors (Lipinski definition) is 6. The third kappa shape index (κ3) is 18.7. The van der Waals surface area contributed by atoms with Crippen molar-refractivity contribution < 1.29 is 33.9 Å². The van der Waals surface area contributed by atoms with Crippen LogP contribution >= 0.6 is 0 Å². The predicted molar refractivity (Wildman–Crippen MR) is 231 cm³/mol. The number of rotatable bonds is 29. The molecule has 5 amide bonds. The lowest BCUT2D eigenvalue weighted by molar-refractivity contribution is -0.139. The molecular formula is C47H65N5O7. The van der Waals surface area contributed by atoms with E-state index in [4.69, 9.17) is 5.73 Å². The lowest BCUT2D eigenvalue weighted by Gasteiger charge is -2.26. The van der Waals surface area contributed by atoms with Gasteiger partial charge >= 0.3 is 5.97 Å². The van der Waals surface area contributed by atoms with Crippen LogP contribution in [0.2, 0.25) is 0 Å². The number of nitrogens with two attached hydrogens (primary N) is 1. The number of primary amides is 1. The van der Waals surface area contributed by atoms with E-state index in [0.29, 0.717) is 24.9 Å². The Labute approximate surface area is 349 Å². The second-order valence-corrected chi connectivity index (χ2v) is 15.5. The number of carbonyl (C=O) groups is 6. The Balaban J connectivity index is 1.22. The Morgan fingerprint density at radius 3 is 1.53 bits per heavy atom. The number of nitrogens with one attached hydrogen (secondary N) is 4. The number of carboxylic acid groups (broad SMARTS) is 1. The van der Waals surface area contributed by atoms with Crippen LogP contribution < -0.4 is 27.0 Å². The molecule has 1 unspecified atom stereocenters. The summed E-state index contributed by atoms with van der Waals surface area (Å²) in [5.74, 6) is -3.16. The van der Waals surface area contributed by atoms with E-state index in [2.05, 4.69) is 21.3 Å². The summed E-state index contributed by atoms with van der Waals surface area (Å²) in [7, 11) is 0. The molecule has 0 spiro atoms. The third-order valence-electron chi connectivity index (χ3n) is 10.6. The molecule has 59 heavy (non-hydrogen) atoms. The van der Waals surface area contributed by atoms with E-state index in [9.17, 15) is 33.9 Å².